The summed E-state index contributed by atoms with van der Waals surface area (Å²) in [6.07, 6.45) is 1.37. The van der Waals surface area contributed by atoms with E-state index in [0.29, 0.717) is 18.9 Å². The topological polar surface area (TPSA) is 58.2 Å². The number of aromatic amines is 1. The summed E-state index contributed by atoms with van der Waals surface area (Å²) in [5.41, 5.74) is 1.09. The number of hydrogen-bond acceptors (Lipinski definition) is 3. The molecule has 162 valence electrons. The van der Waals surface area contributed by atoms with Crippen molar-refractivity contribution in [1.29, 1.82) is 0 Å². The Labute approximate surface area is 173 Å². The molecular weight excluding hydrogens is 395 g/mol. The Kier molecular flexibility index (Phi) is 6.01. The Hall–Kier alpha value is -2.51. The SMILES string of the molecule is O=C(C1CCCC1)N1CCC(c2cc(CCOc3cccc(C(F)(F)F)c3)[nH]n2)C1. The number of alkyl halides is 3. The molecule has 1 aromatic carbocycles. The lowest BCUT2D eigenvalue weighted by Gasteiger charge is -2.20. The second-order valence-electron chi connectivity index (χ2n) is 8.19. The number of likely N-dealkylation sites (tertiary alicyclic amines) is 1. The van der Waals surface area contributed by atoms with E-state index >= 15 is 0 Å². The molecule has 4 rings (SSSR count). The highest BCUT2D eigenvalue weighted by molar-refractivity contribution is 5.79. The van der Waals surface area contributed by atoms with Gasteiger partial charge in [-0.05, 0) is 43.5 Å². The Bertz CT molecular complexity index is 875. The van der Waals surface area contributed by atoms with Crippen molar-refractivity contribution in [3.05, 3.63) is 47.3 Å². The maximum atomic E-state index is 12.8. The summed E-state index contributed by atoms with van der Waals surface area (Å²) >= 11 is 0. The van der Waals surface area contributed by atoms with Gasteiger partial charge in [-0.25, -0.2) is 0 Å². The van der Waals surface area contributed by atoms with Gasteiger partial charge in [0, 0.05) is 37.0 Å². The Morgan fingerprint density at radius 2 is 2.00 bits per heavy atom. The molecule has 1 unspecified atom stereocenters. The van der Waals surface area contributed by atoms with E-state index in [1.807, 2.05) is 11.0 Å². The minimum absolute atomic E-state index is 0.196. The lowest BCUT2D eigenvalue weighted by molar-refractivity contribution is -0.137. The van der Waals surface area contributed by atoms with Gasteiger partial charge in [-0.3, -0.25) is 9.89 Å². The van der Waals surface area contributed by atoms with Crippen LogP contribution in [-0.2, 0) is 17.4 Å². The van der Waals surface area contributed by atoms with Gasteiger partial charge < -0.3 is 9.64 Å². The zero-order valence-electron chi connectivity index (χ0n) is 16.8. The average molecular weight is 421 g/mol. The van der Waals surface area contributed by atoms with E-state index in [9.17, 15) is 18.0 Å². The van der Waals surface area contributed by atoms with E-state index in [1.54, 1.807) is 0 Å². The molecule has 1 aromatic heterocycles. The monoisotopic (exact) mass is 421 g/mol. The van der Waals surface area contributed by atoms with Crippen molar-refractivity contribution < 1.29 is 22.7 Å². The van der Waals surface area contributed by atoms with Gasteiger partial charge >= 0.3 is 6.18 Å². The fraction of sp³-hybridized carbons (Fsp3) is 0.545. The Morgan fingerprint density at radius 1 is 1.20 bits per heavy atom. The molecule has 1 aliphatic heterocycles. The molecule has 2 aliphatic rings. The highest BCUT2D eigenvalue weighted by Gasteiger charge is 2.33. The van der Waals surface area contributed by atoms with E-state index in [1.165, 1.54) is 12.1 Å². The Morgan fingerprint density at radius 3 is 2.77 bits per heavy atom. The number of carbonyl (C=O) groups is 1. The fourth-order valence-electron chi connectivity index (χ4n) is 4.39. The minimum Gasteiger partial charge on any atom is -0.493 e. The van der Waals surface area contributed by atoms with Crippen LogP contribution in [0.5, 0.6) is 5.75 Å². The van der Waals surface area contributed by atoms with Gasteiger partial charge in [0.25, 0.3) is 0 Å². The van der Waals surface area contributed by atoms with E-state index in [-0.39, 0.29) is 24.2 Å². The molecule has 2 heterocycles. The van der Waals surface area contributed by atoms with E-state index in [2.05, 4.69) is 10.2 Å². The molecule has 1 saturated heterocycles. The van der Waals surface area contributed by atoms with Crippen LogP contribution in [0.3, 0.4) is 0 Å². The first-order valence-electron chi connectivity index (χ1n) is 10.5. The number of nitrogens with zero attached hydrogens (tertiary/aromatic N) is 2. The number of rotatable bonds is 6. The summed E-state index contributed by atoms with van der Waals surface area (Å²) in [5.74, 6) is 0.915. The lowest BCUT2D eigenvalue weighted by atomic mass is 10.0. The van der Waals surface area contributed by atoms with Crippen molar-refractivity contribution in [1.82, 2.24) is 15.1 Å². The molecule has 8 heteroatoms. The average Bonchev–Trinajstić information content (AvgIpc) is 3.47. The van der Waals surface area contributed by atoms with E-state index in [0.717, 1.165) is 62.2 Å². The number of nitrogens with one attached hydrogen (secondary N) is 1. The number of carbonyl (C=O) groups excluding carboxylic acids is 1. The van der Waals surface area contributed by atoms with Crippen molar-refractivity contribution in [2.75, 3.05) is 19.7 Å². The predicted molar refractivity (Wildman–Crippen MR) is 105 cm³/mol. The Balaban J connectivity index is 1.27. The van der Waals surface area contributed by atoms with Crippen LogP contribution >= 0.6 is 0 Å². The van der Waals surface area contributed by atoms with Crippen LogP contribution in [0.2, 0.25) is 0 Å². The zero-order valence-corrected chi connectivity index (χ0v) is 16.8. The van der Waals surface area contributed by atoms with Gasteiger partial charge in [0.2, 0.25) is 5.91 Å². The van der Waals surface area contributed by atoms with Crippen molar-refractivity contribution >= 4 is 5.91 Å². The molecule has 1 N–H and O–H groups in total. The molecule has 2 aromatic rings. The number of hydrogen-bond donors (Lipinski definition) is 1. The zero-order chi connectivity index (χ0) is 21.1. The first-order chi connectivity index (χ1) is 14.4. The molecule has 5 nitrogen and oxygen atoms in total. The summed E-state index contributed by atoms with van der Waals surface area (Å²) in [7, 11) is 0. The largest absolute Gasteiger partial charge is 0.493 e. The summed E-state index contributed by atoms with van der Waals surface area (Å²) in [6, 6.07) is 6.86. The summed E-state index contributed by atoms with van der Waals surface area (Å²) in [6.45, 7) is 1.74. The third-order valence-electron chi connectivity index (χ3n) is 6.07. The van der Waals surface area contributed by atoms with Crippen LogP contribution < -0.4 is 4.74 Å². The van der Waals surface area contributed by atoms with Gasteiger partial charge in [-0.1, -0.05) is 18.9 Å². The van der Waals surface area contributed by atoms with Crippen LogP contribution in [0.15, 0.2) is 30.3 Å². The summed E-state index contributed by atoms with van der Waals surface area (Å²) in [4.78, 5) is 14.6. The van der Waals surface area contributed by atoms with Crippen molar-refractivity contribution in [3.8, 4) is 5.75 Å². The van der Waals surface area contributed by atoms with Crippen LogP contribution in [0.25, 0.3) is 0 Å². The van der Waals surface area contributed by atoms with E-state index in [4.69, 9.17) is 4.74 Å². The fourth-order valence-corrected chi connectivity index (χ4v) is 4.39. The molecule has 0 bridgehead atoms. The number of amides is 1. The third kappa shape index (κ3) is 4.79. The number of benzene rings is 1. The van der Waals surface area contributed by atoms with Crippen molar-refractivity contribution in [2.24, 2.45) is 5.92 Å². The van der Waals surface area contributed by atoms with Crippen LogP contribution in [0, 0.1) is 5.92 Å². The van der Waals surface area contributed by atoms with Crippen molar-refractivity contribution in [2.45, 2.75) is 50.6 Å². The lowest BCUT2D eigenvalue weighted by Crippen LogP contribution is -2.33. The normalized spacial score (nSPS) is 20.1. The van der Waals surface area contributed by atoms with E-state index < -0.39 is 11.7 Å². The van der Waals surface area contributed by atoms with Crippen LogP contribution in [0.1, 0.15) is 55.0 Å². The molecule has 30 heavy (non-hydrogen) atoms. The number of H-pyrrole nitrogens is 1. The van der Waals surface area contributed by atoms with Crippen LogP contribution in [-0.4, -0.2) is 40.7 Å². The molecule has 1 atom stereocenters. The van der Waals surface area contributed by atoms with Gasteiger partial charge in [-0.2, -0.15) is 18.3 Å². The van der Waals surface area contributed by atoms with Crippen molar-refractivity contribution in [3.63, 3.8) is 0 Å². The molecule has 0 spiro atoms. The third-order valence-corrected chi connectivity index (χ3v) is 6.07. The van der Waals surface area contributed by atoms with Gasteiger partial charge in [0.15, 0.2) is 0 Å². The maximum absolute atomic E-state index is 12.8. The quantitative estimate of drug-likeness (QED) is 0.744. The molecule has 2 fully saturated rings. The maximum Gasteiger partial charge on any atom is 0.416 e. The number of ether oxygens (including phenoxy) is 1. The molecule has 1 amide bonds. The second-order valence-corrected chi connectivity index (χ2v) is 8.19. The molecular formula is C22H26F3N3O2. The standard InChI is InChI=1S/C22H26F3N3O2/c23-22(24,25)17-6-3-7-19(12-17)30-11-9-18-13-20(27-26-18)16-8-10-28(14-16)21(29)15-4-1-2-5-15/h3,6-7,12-13,15-16H,1-2,4-5,8-11,14H2,(H,26,27). The number of halogens is 3. The molecule has 0 radical (unpaired) electrons. The second kappa shape index (κ2) is 8.70. The predicted octanol–water partition coefficient (Wildman–Crippen LogP) is 4.56. The first-order valence-corrected chi connectivity index (χ1v) is 10.5. The highest BCUT2D eigenvalue weighted by Crippen LogP contribution is 2.32. The molecule has 1 saturated carbocycles. The number of aromatic nitrogens is 2. The minimum atomic E-state index is -4.38. The first kappa shape index (κ1) is 20.8. The summed E-state index contributed by atoms with van der Waals surface area (Å²) < 4.78 is 43.8. The highest BCUT2D eigenvalue weighted by atomic mass is 19.4. The summed E-state index contributed by atoms with van der Waals surface area (Å²) in [5, 5.41) is 7.38. The van der Waals surface area contributed by atoms with Crippen LogP contribution in [0.4, 0.5) is 13.2 Å². The van der Waals surface area contributed by atoms with Gasteiger partial charge in [-0.15, -0.1) is 0 Å². The van der Waals surface area contributed by atoms with Gasteiger partial charge in [0.1, 0.15) is 5.75 Å². The smallest absolute Gasteiger partial charge is 0.416 e. The molecule has 1 aliphatic carbocycles. The van der Waals surface area contributed by atoms with Gasteiger partial charge in [0.05, 0.1) is 17.9 Å².